The molecule has 5 amide bonds. The van der Waals surface area contributed by atoms with E-state index in [1.54, 1.807) is 36.3 Å². The monoisotopic (exact) mass is 745 g/mol. The largest absolute Gasteiger partial charge is 0.450 e. The van der Waals surface area contributed by atoms with Crippen LogP contribution in [0.25, 0.3) is 0 Å². The maximum absolute atomic E-state index is 13.5. The lowest BCUT2D eigenvalue weighted by molar-refractivity contribution is -0.131. The molecule has 2 aromatic rings. The maximum Gasteiger partial charge on any atom is 0.407 e. The minimum Gasteiger partial charge on any atom is -0.450 e. The third-order valence-electron chi connectivity index (χ3n) is 11.2. The van der Waals surface area contributed by atoms with Crippen LogP contribution in [-0.2, 0) is 19.1 Å². The van der Waals surface area contributed by atoms with Gasteiger partial charge in [0, 0.05) is 56.4 Å². The molecule has 12 heteroatoms. The van der Waals surface area contributed by atoms with Crippen LogP contribution in [0.4, 0.5) is 4.79 Å². The van der Waals surface area contributed by atoms with Gasteiger partial charge in [-0.2, -0.15) is 0 Å². The predicted molar refractivity (Wildman–Crippen MR) is 206 cm³/mol. The van der Waals surface area contributed by atoms with Crippen LogP contribution >= 0.6 is 0 Å². The number of hydrogen-bond acceptors (Lipinski definition) is 7. The fourth-order valence-corrected chi connectivity index (χ4v) is 7.80. The van der Waals surface area contributed by atoms with Crippen LogP contribution in [0.5, 0.6) is 0 Å². The molecule has 54 heavy (non-hydrogen) atoms. The molecular weight excluding hydrogens is 686 g/mol. The Kier molecular flexibility index (Phi) is 15.3. The highest BCUT2D eigenvalue weighted by Crippen LogP contribution is 2.41. The number of hydrogen-bond donors (Lipinski definition) is 3. The SMILES string of the molecule is CCCCCCCCCCCCCOC(=O)N[C@H]1CN(C(=O)c2ccc(C(=O)N3C[C@@H](C(N)=O)[C@H](C(=O)N[C@H]4C[C@@H]4c4ccccc4)C3)cc2)C[C@@H]1OC. The second kappa shape index (κ2) is 20.3. The maximum atomic E-state index is 13.5. The fraction of sp³-hybridized carbons (Fsp3) is 0.595. The molecule has 0 unspecified atom stereocenters. The second-order valence-electron chi connectivity index (χ2n) is 15.2. The summed E-state index contributed by atoms with van der Waals surface area (Å²) in [7, 11) is 1.55. The van der Waals surface area contributed by atoms with Gasteiger partial charge >= 0.3 is 6.09 Å². The van der Waals surface area contributed by atoms with Crippen LogP contribution in [0, 0.1) is 11.8 Å². The van der Waals surface area contributed by atoms with Crippen molar-refractivity contribution in [2.45, 2.75) is 108 Å². The molecule has 5 rings (SSSR count). The number of methoxy groups -OCH3 is 1. The number of rotatable bonds is 20. The molecule has 0 radical (unpaired) electrons. The number of ether oxygens (including phenoxy) is 2. The van der Waals surface area contributed by atoms with Crippen molar-refractivity contribution in [2.24, 2.45) is 17.6 Å². The summed E-state index contributed by atoms with van der Waals surface area (Å²) in [5.74, 6) is -2.80. The number of carbonyl (C=O) groups excluding carboxylic acids is 5. The first-order chi connectivity index (χ1) is 26.2. The van der Waals surface area contributed by atoms with E-state index in [9.17, 15) is 24.0 Å². The van der Waals surface area contributed by atoms with E-state index < -0.39 is 36.0 Å². The lowest BCUT2D eigenvalue weighted by atomic mass is 9.94. The highest BCUT2D eigenvalue weighted by atomic mass is 16.5. The van der Waals surface area contributed by atoms with E-state index in [0.29, 0.717) is 17.7 Å². The second-order valence-corrected chi connectivity index (χ2v) is 15.2. The Morgan fingerprint density at radius 3 is 1.81 bits per heavy atom. The van der Waals surface area contributed by atoms with E-state index in [2.05, 4.69) is 17.6 Å². The zero-order valence-electron chi connectivity index (χ0n) is 32.0. The van der Waals surface area contributed by atoms with Gasteiger partial charge in [-0.15, -0.1) is 0 Å². The van der Waals surface area contributed by atoms with Crippen molar-refractivity contribution >= 4 is 29.7 Å². The first kappa shape index (κ1) is 40.7. The number of alkyl carbamates (subject to hydrolysis) is 1. The van der Waals surface area contributed by atoms with E-state index in [0.717, 1.165) is 31.2 Å². The zero-order valence-corrected chi connectivity index (χ0v) is 32.0. The zero-order chi connectivity index (χ0) is 38.5. The van der Waals surface area contributed by atoms with Crippen molar-refractivity contribution in [3.63, 3.8) is 0 Å². The lowest BCUT2D eigenvalue weighted by Gasteiger charge is -2.18. The Hall–Kier alpha value is -4.45. The van der Waals surface area contributed by atoms with Gasteiger partial charge in [0.25, 0.3) is 11.8 Å². The molecule has 1 saturated carbocycles. The van der Waals surface area contributed by atoms with Crippen LogP contribution in [0.15, 0.2) is 54.6 Å². The van der Waals surface area contributed by atoms with Crippen LogP contribution in [-0.4, -0.2) is 97.6 Å². The van der Waals surface area contributed by atoms with Gasteiger partial charge in [0.2, 0.25) is 11.8 Å². The molecule has 4 N–H and O–H groups in total. The number of unbranched alkanes of at least 4 members (excludes halogenated alkanes) is 10. The summed E-state index contributed by atoms with van der Waals surface area (Å²) in [5.41, 5.74) is 7.55. The fourth-order valence-electron chi connectivity index (χ4n) is 7.80. The lowest BCUT2D eigenvalue weighted by Crippen LogP contribution is -2.44. The van der Waals surface area contributed by atoms with Gasteiger partial charge in [0.15, 0.2) is 0 Å². The van der Waals surface area contributed by atoms with Gasteiger partial charge in [-0.05, 0) is 42.7 Å². The van der Waals surface area contributed by atoms with Gasteiger partial charge in [0.05, 0.1) is 30.6 Å². The molecule has 0 spiro atoms. The summed E-state index contributed by atoms with van der Waals surface area (Å²) in [5, 5.41) is 5.92. The van der Waals surface area contributed by atoms with E-state index >= 15 is 0 Å². The molecule has 0 aromatic heterocycles. The molecule has 12 nitrogen and oxygen atoms in total. The van der Waals surface area contributed by atoms with Crippen LogP contribution < -0.4 is 16.4 Å². The van der Waals surface area contributed by atoms with Crippen molar-refractivity contribution < 1.29 is 33.4 Å². The standard InChI is InChI=1S/C42H59N5O7/c1-3-4-5-6-7-8-9-10-11-12-16-23-54-42(52)45-36-27-47(28-37(36)53-2)41(51)31-21-19-30(20-22-31)40(50)46-25-33(38(43)48)34(26-46)39(49)44-35-24-32(35)29-17-14-13-15-18-29/h13-15,17-22,32-37H,3-12,16,23-28H2,1-2H3,(H2,43,48)(H,44,49)(H,45,52)/t32-,33-,34-,35+,36+,37+/m1/s1. The van der Waals surface area contributed by atoms with Gasteiger partial charge in [-0.25, -0.2) is 4.79 Å². The number of likely N-dealkylation sites (tertiary alicyclic amines) is 2. The highest BCUT2D eigenvalue weighted by molar-refractivity contribution is 5.99. The molecule has 1 aliphatic carbocycles. The molecule has 6 atom stereocenters. The topological polar surface area (TPSA) is 160 Å². The Balaban J connectivity index is 1.03. The van der Waals surface area contributed by atoms with Crippen molar-refractivity contribution in [1.82, 2.24) is 20.4 Å². The molecule has 2 saturated heterocycles. The van der Waals surface area contributed by atoms with E-state index in [1.165, 1.54) is 56.3 Å². The molecule has 3 aliphatic rings. The Morgan fingerprint density at radius 1 is 0.685 bits per heavy atom. The molecule has 3 fully saturated rings. The summed E-state index contributed by atoms with van der Waals surface area (Å²) in [6, 6.07) is 15.8. The van der Waals surface area contributed by atoms with Crippen molar-refractivity contribution in [2.75, 3.05) is 39.9 Å². The van der Waals surface area contributed by atoms with Crippen molar-refractivity contribution in [1.29, 1.82) is 0 Å². The van der Waals surface area contributed by atoms with Gasteiger partial charge < -0.3 is 35.6 Å². The molecule has 294 valence electrons. The highest BCUT2D eigenvalue weighted by Gasteiger charge is 2.46. The third-order valence-corrected chi connectivity index (χ3v) is 11.2. The van der Waals surface area contributed by atoms with E-state index in [1.807, 2.05) is 30.3 Å². The number of primary amides is 1. The van der Waals surface area contributed by atoms with Crippen molar-refractivity contribution in [3.8, 4) is 0 Å². The molecule has 2 aliphatic heterocycles. The number of nitrogens with one attached hydrogen (secondary N) is 2. The Morgan fingerprint density at radius 2 is 1.24 bits per heavy atom. The van der Waals surface area contributed by atoms with Gasteiger partial charge in [0.1, 0.15) is 0 Å². The average molecular weight is 746 g/mol. The summed E-state index contributed by atoms with van der Waals surface area (Å²) in [6.07, 6.45) is 13.3. The van der Waals surface area contributed by atoms with Crippen LogP contribution in [0.3, 0.4) is 0 Å². The predicted octanol–water partition coefficient (Wildman–Crippen LogP) is 5.41. The minimum atomic E-state index is -0.795. The number of benzene rings is 2. The van der Waals surface area contributed by atoms with Crippen LogP contribution in [0.1, 0.15) is 116 Å². The number of amides is 5. The Labute approximate surface area is 319 Å². The first-order valence-corrected chi connectivity index (χ1v) is 20.0. The number of nitrogens with zero attached hydrogens (tertiary/aromatic N) is 2. The summed E-state index contributed by atoms with van der Waals surface area (Å²) in [4.78, 5) is 68.2. The summed E-state index contributed by atoms with van der Waals surface area (Å²) in [6.45, 7) is 3.25. The summed E-state index contributed by atoms with van der Waals surface area (Å²) < 4.78 is 11.0. The molecule has 2 aromatic carbocycles. The normalized spacial score (nSPS) is 23.2. The number of carbonyl (C=O) groups is 5. The third kappa shape index (κ3) is 11.3. The Bertz CT molecular complexity index is 1550. The van der Waals surface area contributed by atoms with Gasteiger partial charge in [-0.1, -0.05) is 101 Å². The smallest absolute Gasteiger partial charge is 0.407 e. The average Bonchev–Trinajstić information content (AvgIpc) is 3.59. The van der Waals surface area contributed by atoms with Crippen LogP contribution in [0.2, 0.25) is 0 Å². The van der Waals surface area contributed by atoms with E-state index in [4.69, 9.17) is 15.2 Å². The minimum absolute atomic E-state index is 0.0121. The molecule has 2 heterocycles. The van der Waals surface area contributed by atoms with Crippen molar-refractivity contribution in [3.05, 3.63) is 71.3 Å². The summed E-state index contributed by atoms with van der Waals surface area (Å²) >= 11 is 0. The quantitative estimate of drug-likeness (QED) is 0.153. The molecule has 0 bridgehead atoms. The van der Waals surface area contributed by atoms with Gasteiger partial charge in [-0.3, -0.25) is 19.2 Å². The first-order valence-electron chi connectivity index (χ1n) is 20.0. The van der Waals surface area contributed by atoms with E-state index in [-0.39, 0.29) is 55.9 Å². The number of nitrogens with two attached hydrogens (primary N) is 1. The molecular formula is C42H59N5O7.